The average molecular weight is 240 g/mol. The van der Waals surface area contributed by atoms with Gasteiger partial charge in [-0.3, -0.25) is 4.79 Å². The first-order valence-corrected chi connectivity index (χ1v) is 5.48. The zero-order valence-electron chi connectivity index (χ0n) is 9.07. The van der Waals surface area contributed by atoms with Crippen LogP contribution in [-0.2, 0) is 16.0 Å². The molecule has 16 heavy (non-hydrogen) atoms. The smallest absolute Gasteiger partial charge is 0.220 e. The maximum Gasteiger partial charge on any atom is 0.220 e. The van der Waals surface area contributed by atoms with Gasteiger partial charge in [0.05, 0.1) is 6.04 Å². The molecule has 1 rings (SSSR count). The van der Waals surface area contributed by atoms with Gasteiger partial charge in [-0.1, -0.05) is 23.7 Å². The topological polar surface area (TPSA) is 46.2 Å². The number of hydrogen-bond acceptors (Lipinski definition) is 2. The van der Waals surface area contributed by atoms with E-state index >= 15 is 0 Å². The molecular formula is C12H14ClNO2. The molecule has 0 saturated heterocycles. The van der Waals surface area contributed by atoms with Crippen LogP contribution in [0.5, 0.6) is 0 Å². The van der Waals surface area contributed by atoms with Crippen LogP contribution in [0, 0.1) is 0 Å². The molecule has 0 unspecified atom stereocenters. The van der Waals surface area contributed by atoms with Crippen LogP contribution in [0.3, 0.4) is 0 Å². The van der Waals surface area contributed by atoms with E-state index in [9.17, 15) is 9.59 Å². The van der Waals surface area contributed by atoms with E-state index in [-0.39, 0.29) is 5.91 Å². The molecule has 4 heteroatoms. The molecule has 0 saturated carbocycles. The Morgan fingerprint density at radius 1 is 1.44 bits per heavy atom. The predicted molar refractivity (Wildman–Crippen MR) is 63.4 cm³/mol. The number of nitrogens with one attached hydrogen (secondary N) is 1. The summed E-state index contributed by atoms with van der Waals surface area (Å²) in [6, 6.07) is 6.95. The van der Waals surface area contributed by atoms with Gasteiger partial charge in [-0.15, -0.1) is 0 Å². The first kappa shape index (κ1) is 12.7. The Hall–Kier alpha value is -1.35. The van der Waals surface area contributed by atoms with Crippen LogP contribution in [0.1, 0.15) is 18.9 Å². The van der Waals surface area contributed by atoms with Crippen LogP contribution in [-0.4, -0.2) is 18.2 Å². The number of amides is 1. The van der Waals surface area contributed by atoms with E-state index in [2.05, 4.69) is 5.32 Å². The molecule has 1 amide bonds. The standard InChI is InChI=1S/C12H14ClNO2/c1-9(8-15)14-12(16)7-4-10-2-5-11(13)6-3-10/h2-3,5-6,8-9H,4,7H2,1H3,(H,14,16)/t9-/m0/s1. The van der Waals surface area contributed by atoms with E-state index < -0.39 is 6.04 Å². The average Bonchev–Trinajstić information content (AvgIpc) is 2.28. The first-order valence-electron chi connectivity index (χ1n) is 5.11. The predicted octanol–water partition coefficient (Wildman–Crippen LogP) is 1.98. The number of aldehydes is 1. The molecule has 3 nitrogen and oxygen atoms in total. The van der Waals surface area contributed by atoms with Gasteiger partial charge in [0.1, 0.15) is 6.29 Å². The fourth-order valence-electron chi connectivity index (χ4n) is 1.27. The molecular weight excluding hydrogens is 226 g/mol. The van der Waals surface area contributed by atoms with Crippen molar-refractivity contribution in [2.75, 3.05) is 0 Å². The second-order valence-corrected chi connectivity index (χ2v) is 4.06. The van der Waals surface area contributed by atoms with Crippen molar-refractivity contribution in [3.8, 4) is 0 Å². The second kappa shape index (κ2) is 6.28. The molecule has 0 fully saturated rings. The molecule has 0 aromatic heterocycles. The molecule has 0 aliphatic carbocycles. The summed E-state index contributed by atoms with van der Waals surface area (Å²) in [5.41, 5.74) is 1.05. The molecule has 1 atom stereocenters. The molecule has 1 N–H and O–H groups in total. The van der Waals surface area contributed by atoms with E-state index in [4.69, 9.17) is 11.6 Å². The highest BCUT2D eigenvalue weighted by Crippen LogP contribution is 2.10. The van der Waals surface area contributed by atoms with E-state index in [1.807, 2.05) is 12.1 Å². The summed E-state index contributed by atoms with van der Waals surface area (Å²) in [4.78, 5) is 21.7. The third-order valence-corrected chi connectivity index (χ3v) is 2.40. The van der Waals surface area contributed by atoms with E-state index in [1.54, 1.807) is 19.1 Å². The minimum absolute atomic E-state index is 0.116. The Morgan fingerprint density at radius 2 is 2.06 bits per heavy atom. The van der Waals surface area contributed by atoms with Gasteiger partial charge in [0, 0.05) is 11.4 Å². The lowest BCUT2D eigenvalue weighted by Gasteiger charge is -2.07. The van der Waals surface area contributed by atoms with E-state index in [0.29, 0.717) is 24.2 Å². The van der Waals surface area contributed by atoms with Crippen LogP contribution < -0.4 is 5.32 Å². The number of benzene rings is 1. The normalized spacial score (nSPS) is 11.9. The summed E-state index contributed by atoms with van der Waals surface area (Å²) in [5, 5.41) is 3.26. The van der Waals surface area contributed by atoms with Crippen LogP contribution in [0.4, 0.5) is 0 Å². The Bertz CT molecular complexity index is 362. The van der Waals surface area contributed by atoms with Crippen LogP contribution in [0.25, 0.3) is 0 Å². The molecule has 1 aromatic carbocycles. The van der Waals surface area contributed by atoms with Crippen molar-refractivity contribution < 1.29 is 9.59 Å². The number of rotatable bonds is 5. The zero-order chi connectivity index (χ0) is 12.0. The summed E-state index contributed by atoms with van der Waals surface area (Å²) in [6.07, 6.45) is 1.73. The van der Waals surface area contributed by atoms with Gasteiger partial charge in [-0.25, -0.2) is 0 Å². The van der Waals surface area contributed by atoms with Gasteiger partial charge in [0.2, 0.25) is 5.91 Å². The van der Waals surface area contributed by atoms with Crippen molar-refractivity contribution in [3.63, 3.8) is 0 Å². The largest absolute Gasteiger partial charge is 0.347 e. The maximum atomic E-state index is 11.4. The first-order chi connectivity index (χ1) is 7.61. The lowest BCUT2D eigenvalue weighted by Crippen LogP contribution is -2.33. The summed E-state index contributed by atoms with van der Waals surface area (Å²) < 4.78 is 0. The minimum Gasteiger partial charge on any atom is -0.347 e. The highest BCUT2D eigenvalue weighted by Gasteiger charge is 2.05. The minimum atomic E-state index is -0.419. The number of hydrogen-bond donors (Lipinski definition) is 1. The van der Waals surface area contributed by atoms with Crippen LogP contribution in [0.2, 0.25) is 5.02 Å². The van der Waals surface area contributed by atoms with E-state index in [1.165, 1.54) is 0 Å². The summed E-state index contributed by atoms with van der Waals surface area (Å²) >= 11 is 5.74. The Balaban J connectivity index is 2.37. The zero-order valence-corrected chi connectivity index (χ0v) is 9.83. The summed E-state index contributed by atoms with van der Waals surface area (Å²) in [7, 11) is 0. The highest BCUT2D eigenvalue weighted by molar-refractivity contribution is 6.30. The van der Waals surface area contributed by atoms with Gasteiger partial charge < -0.3 is 10.1 Å². The van der Waals surface area contributed by atoms with Crippen LogP contribution in [0.15, 0.2) is 24.3 Å². The number of aryl methyl sites for hydroxylation is 1. The van der Waals surface area contributed by atoms with Crippen molar-refractivity contribution in [2.45, 2.75) is 25.8 Å². The Labute approximate surface area is 99.8 Å². The fourth-order valence-corrected chi connectivity index (χ4v) is 1.40. The Morgan fingerprint density at radius 3 is 2.62 bits per heavy atom. The molecule has 1 aromatic rings. The van der Waals surface area contributed by atoms with Gasteiger partial charge >= 0.3 is 0 Å². The van der Waals surface area contributed by atoms with Gasteiger partial charge in [-0.05, 0) is 31.0 Å². The maximum absolute atomic E-state index is 11.4. The lowest BCUT2D eigenvalue weighted by molar-refractivity contribution is -0.123. The number of halogens is 1. The number of carbonyl (C=O) groups is 2. The van der Waals surface area contributed by atoms with Crippen molar-refractivity contribution >= 4 is 23.8 Å². The molecule has 0 aliphatic heterocycles. The van der Waals surface area contributed by atoms with Crippen molar-refractivity contribution in [1.82, 2.24) is 5.32 Å². The SMILES string of the molecule is C[C@@H](C=O)NC(=O)CCc1ccc(Cl)cc1. The molecule has 86 valence electrons. The summed E-state index contributed by atoms with van der Waals surface area (Å²) in [6.45, 7) is 1.65. The van der Waals surface area contributed by atoms with E-state index in [0.717, 1.165) is 5.56 Å². The molecule has 0 bridgehead atoms. The van der Waals surface area contributed by atoms with Gasteiger partial charge in [0.15, 0.2) is 0 Å². The highest BCUT2D eigenvalue weighted by atomic mass is 35.5. The second-order valence-electron chi connectivity index (χ2n) is 3.62. The summed E-state index contributed by atoms with van der Waals surface area (Å²) in [5.74, 6) is -0.116. The third kappa shape index (κ3) is 4.45. The third-order valence-electron chi connectivity index (χ3n) is 2.15. The fraction of sp³-hybridized carbons (Fsp3) is 0.333. The quantitative estimate of drug-likeness (QED) is 0.799. The molecule has 0 aliphatic rings. The van der Waals surface area contributed by atoms with Crippen molar-refractivity contribution in [2.24, 2.45) is 0 Å². The van der Waals surface area contributed by atoms with Crippen molar-refractivity contribution in [1.29, 1.82) is 0 Å². The van der Waals surface area contributed by atoms with Crippen LogP contribution >= 0.6 is 11.6 Å². The van der Waals surface area contributed by atoms with Gasteiger partial charge in [-0.2, -0.15) is 0 Å². The number of carbonyl (C=O) groups excluding carboxylic acids is 2. The monoisotopic (exact) mass is 239 g/mol. The van der Waals surface area contributed by atoms with Crippen molar-refractivity contribution in [3.05, 3.63) is 34.9 Å². The Kier molecular flexibility index (Phi) is 4.99. The van der Waals surface area contributed by atoms with Gasteiger partial charge in [0.25, 0.3) is 0 Å². The molecule has 0 radical (unpaired) electrons. The molecule has 0 heterocycles. The molecule has 0 spiro atoms. The lowest BCUT2D eigenvalue weighted by atomic mass is 10.1.